The van der Waals surface area contributed by atoms with Crippen LogP contribution in [0.3, 0.4) is 0 Å². The molecular weight excluding hydrogens is 312 g/mol. The van der Waals surface area contributed by atoms with Crippen molar-refractivity contribution in [3.05, 3.63) is 41.3 Å². The Balaban J connectivity index is 1.71. The highest BCUT2D eigenvalue weighted by molar-refractivity contribution is 6.34. The number of halogens is 1. The van der Waals surface area contributed by atoms with Gasteiger partial charge >= 0.3 is 0 Å². The average molecular weight is 333 g/mol. The maximum atomic E-state index is 6.27. The molecule has 1 aliphatic heterocycles. The topological polar surface area (TPSA) is 84.3 Å². The van der Waals surface area contributed by atoms with E-state index in [0.717, 1.165) is 31.9 Å². The second kappa shape index (κ2) is 6.60. The Labute approximate surface area is 141 Å². The number of piperazine rings is 1. The van der Waals surface area contributed by atoms with Gasteiger partial charge in [0.15, 0.2) is 0 Å². The number of aromatic nitrogens is 2. The van der Waals surface area contributed by atoms with Crippen LogP contribution in [0.5, 0.6) is 0 Å². The fourth-order valence-corrected chi connectivity index (χ4v) is 3.28. The zero-order chi connectivity index (χ0) is 16.4. The zero-order valence-corrected chi connectivity index (χ0v) is 13.9. The van der Waals surface area contributed by atoms with E-state index in [4.69, 9.17) is 23.1 Å². The van der Waals surface area contributed by atoms with Crippen LogP contribution in [0.25, 0.3) is 0 Å². The molecule has 0 aliphatic carbocycles. The van der Waals surface area contributed by atoms with Crippen LogP contribution in [-0.4, -0.2) is 41.0 Å². The number of anilines is 3. The molecule has 3 rings (SSSR count). The minimum atomic E-state index is 0.331. The molecule has 1 atom stereocenters. The number of nitrogens with zero attached hydrogens (tertiary/aromatic N) is 4. The van der Waals surface area contributed by atoms with E-state index in [9.17, 15) is 0 Å². The summed E-state index contributed by atoms with van der Waals surface area (Å²) < 4.78 is 0. The van der Waals surface area contributed by atoms with Gasteiger partial charge in [0, 0.05) is 44.6 Å². The summed E-state index contributed by atoms with van der Waals surface area (Å²) in [6.45, 7) is 5.78. The molecular formula is C16H21ClN6. The quantitative estimate of drug-likeness (QED) is 0.896. The van der Waals surface area contributed by atoms with Crippen molar-refractivity contribution in [2.45, 2.75) is 13.0 Å². The molecule has 122 valence electrons. The standard InChI is InChI=1S/C16H21ClN6/c1-11(12-2-4-20-5-3-12)22-6-8-23(9-7-22)15-13(17)10-21-16(19)14(15)18/h2-5,10-11H,6-9,18H2,1H3,(H2,19,21). The molecule has 0 bridgehead atoms. The normalized spacial score (nSPS) is 17.2. The monoisotopic (exact) mass is 332 g/mol. The Kier molecular flexibility index (Phi) is 4.54. The van der Waals surface area contributed by atoms with E-state index in [2.05, 4.69) is 38.8 Å². The Hall–Kier alpha value is -2.05. The molecule has 7 heteroatoms. The van der Waals surface area contributed by atoms with Crippen LogP contribution in [0.4, 0.5) is 17.2 Å². The first-order valence-electron chi connectivity index (χ1n) is 7.66. The van der Waals surface area contributed by atoms with E-state index in [0.29, 0.717) is 22.6 Å². The van der Waals surface area contributed by atoms with Crippen LogP contribution in [0.2, 0.25) is 5.02 Å². The maximum Gasteiger partial charge on any atom is 0.148 e. The maximum absolute atomic E-state index is 6.27. The molecule has 0 amide bonds. The number of hydrogen-bond donors (Lipinski definition) is 2. The van der Waals surface area contributed by atoms with E-state index >= 15 is 0 Å². The minimum absolute atomic E-state index is 0.331. The van der Waals surface area contributed by atoms with E-state index < -0.39 is 0 Å². The molecule has 3 heterocycles. The lowest BCUT2D eigenvalue weighted by molar-refractivity contribution is 0.198. The van der Waals surface area contributed by atoms with Crippen molar-refractivity contribution in [2.75, 3.05) is 42.5 Å². The molecule has 6 nitrogen and oxygen atoms in total. The molecule has 1 aliphatic rings. The van der Waals surface area contributed by atoms with Gasteiger partial charge in [0.1, 0.15) is 5.82 Å². The first-order valence-corrected chi connectivity index (χ1v) is 8.04. The lowest BCUT2D eigenvalue weighted by Crippen LogP contribution is -2.47. The van der Waals surface area contributed by atoms with E-state index in [1.807, 2.05) is 12.4 Å². The van der Waals surface area contributed by atoms with Crippen LogP contribution in [-0.2, 0) is 0 Å². The van der Waals surface area contributed by atoms with Crippen LogP contribution >= 0.6 is 11.6 Å². The van der Waals surface area contributed by atoms with Crippen molar-refractivity contribution < 1.29 is 0 Å². The number of rotatable bonds is 3. The number of nitrogen functional groups attached to an aromatic ring is 2. The van der Waals surface area contributed by atoms with Gasteiger partial charge in [0.2, 0.25) is 0 Å². The molecule has 0 saturated carbocycles. The third kappa shape index (κ3) is 3.18. The molecule has 0 spiro atoms. The number of hydrogen-bond acceptors (Lipinski definition) is 6. The molecule has 1 unspecified atom stereocenters. The highest BCUT2D eigenvalue weighted by Gasteiger charge is 2.25. The summed E-state index contributed by atoms with van der Waals surface area (Å²) in [6, 6.07) is 4.49. The Bertz CT molecular complexity index is 670. The van der Waals surface area contributed by atoms with Crippen molar-refractivity contribution in [1.82, 2.24) is 14.9 Å². The largest absolute Gasteiger partial charge is 0.394 e. The lowest BCUT2D eigenvalue weighted by Gasteiger charge is -2.39. The Morgan fingerprint density at radius 2 is 1.78 bits per heavy atom. The van der Waals surface area contributed by atoms with Gasteiger partial charge in [-0.3, -0.25) is 9.88 Å². The second-order valence-electron chi connectivity index (χ2n) is 5.73. The van der Waals surface area contributed by atoms with Crippen LogP contribution < -0.4 is 16.4 Å². The van der Waals surface area contributed by atoms with Gasteiger partial charge in [-0.05, 0) is 24.6 Å². The predicted octanol–water partition coefficient (Wildman–Crippen LogP) is 2.18. The summed E-state index contributed by atoms with van der Waals surface area (Å²) in [7, 11) is 0. The van der Waals surface area contributed by atoms with E-state index in [-0.39, 0.29) is 0 Å². The van der Waals surface area contributed by atoms with Gasteiger partial charge in [-0.2, -0.15) is 0 Å². The Morgan fingerprint density at radius 3 is 2.43 bits per heavy atom. The summed E-state index contributed by atoms with van der Waals surface area (Å²) in [4.78, 5) is 12.7. The average Bonchev–Trinajstić information content (AvgIpc) is 2.59. The fourth-order valence-electron chi connectivity index (χ4n) is 3.01. The summed E-state index contributed by atoms with van der Waals surface area (Å²) >= 11 is 6.27. The van der Waals surface area contributed by atoms with Crippen molar-refractivity contribution in [3.63, 3.8) is 0 Å². The highest BCUT2D eigenvalue weighted by Crippen LogP contribution is 2.35. The van der Waals surface area contributed by atoms with Crippen molar-refractivity contribution in [1.29, 1.82) is 0 Å². The van der Waals surface area contributed by atoms with Gasteiger partial charge in [-0.25, -0.2) is 4.98 Å². The molecule has 2 aromatic heterocycles. The third-order valence-electron chi connectivity index (χ3n) is 4.44. The minimum Gasteiger partial charge on any atom is -0.394 e. The van der Waals surface area contributed by atoms with Gasteiger partial charge < -0.3 is 16.4 Å². The van der Waals surface area contributed by atoms with E-state index in [1.54, 1.807) is 6.20 Å². The van der Waals surface area contributed by atoms with Crippen molar-refractivity contribution in [2.24, 2.45) is 0 Å². The highest BCUT2D eigenvalue weighted by atomic mass is 35.5. The molecule has 0 aromatic carbocycles. The Morgan fingerprint density at radius 1 is 1.13 bits per heavy atom. The predicted molar refractivity (Wildman–Crippen MR) is 94.5 cm³/mol. The van der Waals surface area contributed by atoms with Crippen molar-refractivity contribution >= 4 is 28.8 Å². The van der Waals surface area contributed by atoms with Crippen molar-refractivity contribution in [3.8, 4) is 0 Å². The number of nitrogens with two attached hydrogens (primary N) is 2. The van der Waals surface area contributed by atoms with Crippen LogP contribution in [0.1, 0.15) is 18.5 Å². The third-order valence-corrected chi connectivity index (χ3v) is 4.72. The molecule has 1 fully saturated rings. The lowest BCUT2D eigenvalue weighted by atomic mass is 10.1. The van der Waals surface area contributed by atoms with Gasteiger partial charge in [0.25, 0.3) is 0 Å². The second-order valence-corrected chi connectivity index (χ2v) is 6.14. The first-order chi connectivity index (χ1) is 11.1. The molecule has 1 saturated heterocycles. The smallest absolute Gasteiger partial charge is 0.148 e. The van der Waals surface area contributed by atoms with Gasteiger partial charge in [0.05, 0.1) is 22.6 Å². The summed E-state index contributed by atoms with van der Waals surface area (Å²) in [5.74, 6) is 0.331. The van der Waals surface area contributed by atoms with Gasteiger partial charge in [-0.15, -0.1) is 0 Å². The van der Waals surface area contributed by atoms with E-state index in [1.165, 1.54) is 5.56 Å². The molecule has 0 radical (unpaired) electrons. The summed E-state index contributed by atoms with van der Waals surface area (Å²) in [6.07, 6.45) is 5.24. The van der Waals surface area contributed by atoms with Gasteiger partial charge in [-0.1, -0.05) is 11.6 Å². The van der Waals surface area contributed by atoms with Crippen LogP contribution in [0, 0.1) is 0 Å². The first kappa shape index (κ1) is 15.8. The number of pyridine rings is 2. The fraction of sp³-hybridized carbons (Fsp3) is 0.375. The summed E-state index contributed by atoms with van der Waals surface area (Å²) in [5, 5.41) is 0.548. The molecule has 2 aromatic rings. The molecule has 4 N–H and O–H groups in total. The summed E-state index contributed by atoms with van der Waals surface area (Å²) in [5.41, 5.74) is 14.4. The zero-order valence-electron chi connectivity index (χ0n) is 13.1. The SMILES string of the molecule is CC(c1ccncc1)N1CCN(c2c(Cl)cnc(N)c2N)CC1. The van der Waals surface area contributed by atoms with Crippen LogP contribution in [0.15, 0.2) is 30.7 Å². The molecule has 23 heavy (non-hydrogen) atoms.